The summed E-state index contributed by atoms with van der Waals surface area (Å²) in [6.45, 7) is 0. The average molecular weight is 700 g/mol. The summed E-state index contributed by atoms with van der Waals surface area (Å²) in [5, 5.41) is 7.43. The summed E-state index contributed by atoms with van der Waals surface area (Å²) in [7, 11) is 0. The van der Waals surface area contributed by atoms with E-state index in [2.05, 4.69) is 229 Å². The lowest BCUT2D eigenvalue weighted by Gasteiger charge is -2.32. The van der Waals surface area contributed by atoms with Crippen molar-refractivity contribution in [3.05, 3.63) is 224 Å². The van der Waals surface area contributed by atoms with Gasteiger partial charge in [-0.1, -0.05) is 194 Å². The number of fused-ring (bicyclic) bond motifs is 4. The van der Waals surface area contributed by atoms with Crippen molar-refractivity contribution in [1.82, 2.24) is 0 Å². The Morgan fingerprint density at radius 3 is 1.53 bits per heavy atom. The highest BCUT2D eigenvalue weighted by molar-refractivity contribution is 6.15. The van der Waals surface area contributed by atoms with Gasteiger partial charge in [0.05, 0.1) is 17.1 Å². The first-order valence-corrected chi connectivity index (χ1v) is 18.9. The maximum Gasteiger partial charge on any atom is 0.0546 e. The lowest BCUT2D eigenvalue weighted by molar-refractivity contribution is 1.28. The molecule has 0 fully saturated rings. The number of nitrogens with zero attached hydrogens (tertiary/aromatic N) is 1. The zero-order valence-electron chi connectivity index (χ0n) is 30.3. The number of benzene rings is 10. The molecule has 0 bridgehead atoms. The van der Waals surface area contributed by atoms with Gasteiger partial charge in [-0.05, 0) is 90.5 Å². The minimum atomic E-state index is 1.11. The average Bonchev–Trinajstić information content (AvgIpc) is 3.27. The molecule has 10 aromatic rings. The van der Waals surface area contributed by atoms with Crippen molar-refractivity contribution in [3.63, 3.8) is 0 Å². The molecule has 258 valence electrons. The lowest BCUT2D eigenvalue weighted by Crippen LogP contribution is -2.14. The van der Waals surface area contributed by atoms with Gasteiger partial charge in [0.1, 0.15) is 0 Å². The van der Waals surface area contributed by atoms with Gasteiger partial charge in [0, 0.05) is 16.7 Å². The van der Waals surface area contributed by atoms with E-state index in [4.69, 9.17) is 0 Å². The first-order chi connectivity index (χ1) is 27.3. The molecule has 1 heteroatoms. The van der Waals surface area contributed by atoms with E-state index in [9.17, 15) is 0 Å². The van der Waals surface area contributed by atoms with Crippen LogP contribution in [0, 0.1) is 0 Å². The summed E-state index contributed by atoms with van der Waals surface area (Å²) >= 11 is 0. The second-order valence-electron chi connectivity index (χ2n) is 14.1. The fraction of sp³-hybridized carbons (Fsp3) is 0. The van der Waals surface area contributed by atoms with Crippen LogP contribution in [-0.4, -0.2) is 0 Å². The van der Waals surface area contributed by atoms with Gasteiger partial charge in [0.2, 0.25) is 0 Å². The number of para-hydroxylation sites is 2. The quantitative estimate of drug-likeness (QED) is 0.150. The highest BCUT2D eigenvalue weighted by atomic mass is 15.1. The molecular weight excluding hydrogens is 663 g/mol. The Kier molecular flexibility index (Phi) is 8.24. The highest BCUT2D eigenvalue weighted by Crippen LogP contribution is 2.51. The molecule has 0 aliphatic heterocycles. The molecule has 0 saturated carbocycles. The molecule has 0 aliphatic carbocycles. The van der Waals surface area contributed by atoms with Crippen molar-refractivity contribution < 1.29 is 0 Å². The summed E-state index contributed by atoms with van der Waals surface area (Å²) < 4.78 is 0. The summed E-state index contributed by atoms with van der Waals surface area (Å²) in [5.41, 5.74) is 12.8. The third-order valence-electron chi connectivity index (χ3n) is 10.8. The van der Waals surface area contributed by atoms with E-state index in [1.165, 1.54) is 71.3 Å². The number of hydrogen-bond donors (Lipinski definition) is 0. The van der Waals surface area contributed by atoms with Gasteiger partial charge in [-0.25, -0.2) is 0 Å². The number of rotatable bonds is 7. The van der Waals surface area contributed by atoms with Crippen LogP contribution in [0.25, 0.3) is 76.8 Å². The molecule has 0 saturated heterocycles. The number of hydrogen-bond acceptors (Lipinski definition) is 1. The molecule has 10 aromatic carbocycles. The van der Waals surface area contributed by atoms with Crippen LogP contribution >= 0.6 is 0 Å². The second kappa shape index (κ2) is 14.0. The van der Waals surface area contributed by atoms with Gasteiger partial charge < -0.3 is 4.90 Å². The molecule has 0 aliphatic rings. The van der Waals surface area contributed by atoms with E-state index in [-0.39, 0.29) is 0 Å². The van der Waals surface area contributed by atoms with Crippen LogP contribution in [0.4, 0.5) is 17.1 Å². The fourth-order valence-electron chi connectivity index (χ4n) is 8.33. The van der Waals surface area contributed by atoms with Crippen LogP contribution < -0.4 is 4.90 Å². The van der Waals surface area contributed by atoms with Crippen molar-refractivity contribution in [3.8, 4) is 44.5 Å². The molecule has 0 atom stereocenters. The maximum atomic E-state index is 2.51. The Morgan fingerprint density at radius 1 is 0.236 bits per heavy atom. The Hall–Kier alpha value is -7.22. The summed E-state index contributed by atoms with van der Waals surface area (Å²) in [4.78, 5) is 2.51. The lowest BCUT2D eigenvalue weighted by atomic mass is 9.89. The van der Waals surface area contributed by atoms with E-state index in [0.717, 1.165) is 22.6 Å². The first-order valence-electron chi connectivity index (χ1n) is 18.9. The van der Waals surface area contributed by atoms with Crippen molar-refractivity contribution in [1.29, 1.82) is 0 Å². The third-order valence-corrected chi connectivity index (χ3v) is 10.8. The number of anilines is 3. The molecule has 0 amide bonds. The van der Waals surface area contributed by atoms with Gasteiger partial charge in [-0.15, -0.1) is 0 Å². The molecule has 0 radical (unpaired) electrons. The Labute approximate surface area is 322 Å². The molecule has 1 nitrogen and oxygen atoms in total. The molecule has 0 heterocycles. The maximum absolute atomic E-state index is 2.51. The molecule has 0 spiro atoms. The predicted octanol–water partition coefficient (Wildman–Crippen LogP) is 15.3. The van der Waals surface area contributed by atoms with Crippen LogP contribution in [-0.2, 0) is 0 Å². The van der Waals surface area contributed by atoms with E-state index in [1.54, 1.807) is 0 Å². The van der Waals surface area contributed by atoms with E-state index in [1.807, 2.05) is 0 Å². The molecule has 0 unspecified atom stereocenters. The Bertz CT molecular complexity index is 2980. The van der Waals surface area contributed by atoms with E-state index in [0.29, 0.717) is 0 Å². The largest absolute Gasteiger partial charge is 0.309 e. The monoisotopic (exact) mass is 699 g/mol. The summed E-state index contributed by atoms with van der Waals surface area (Å²) in [6.07, 6.45) is 0. The summed E-state index contributed by atoms with van der Waals surface area (Å²) in [5.74, 6) is 0. The molecule has 10 rings (SSSR count). The Morgan fingerprint density at radius 2 is 0.764 bits per heavy atom. The molecular formula is C54H37N. The van der Waals surface area contributed by atoms with Crippen LogP contribution in [0.5, 0.6) is 0 Å². The zero-order chi connectivity index (χ0) is 36.6. The third kappa shape index (κ3) is 5.84. The second-order valence-corrected chi connectivity index (χ2v) is 14.1. The standard InChI is InChI=1S/C54H37N/c1-3-19-39(20-4-1)46-30-17-33-53(54(46)40-21-5-2-6-22-40)55(51-31-15-13-26-45(51)43-35-34-38-18-7-8-23-41(38)36-43)52-32-16-14-29-49(52)50-37-42-24-9-10-25-44(42)47-27-11-12-28-48(47)50/h1-37H. The van der Waals surface area contributed by atoms with Crippen molar-refractivity contribution in [2.45, 2.75) is 0 Å². The topological polar surface area (TPSA) is 3.24 Å². The Balaban J connectivity index is 1.31. The van der Waals surface area contributed by atoms with Crippen molar-refractivity contribution >= 4 is 49.4 Å². The predicted molar refractivity (Wildman–Crippen MR) is 235 cm³/mol. The molecule has 0 aromatic heterocycles. The van der Waals surface area contributed by atoms with Crippen molar-refractivity contribution in [2.75, 3.05) is 4.90 Å². The van der Waals surface area contributed by atoms with Crippen molar-refractivity contribution in [2.24, 2.45) is 0 Å². The molecule has 0 N–H and O–H groups in total. The van der Waals surface area contributed by atoms with Gasteiger partial charge in [0.15, 0.2) is 0 Å². The fourth-order valence-corrected chi connectivity index (χ4v) is 8.33. The highest BCUT2D eigenvalue weighted by Gasteiger charge is 2.25. The van der Waals surface area contributed by atoms with Crippen LogP contribution in [0.3, 0.4) is 0 Å². The van der Waals surface area contributed by atoms with Crippen LogP contribution in [0.2, 0.25) is 0 Å². The minimum absolute atomic E-state index is 1.11. The first kappa shape index (κ1) is 32.4. The van der Waals surface area contributed by atoms with E-state index < -0.39 is 0 Å². The SMILES string of the molecule is c1ccc(-c2cccc(N(c3ccccc3-c3ccc4ccccc4c3)c3ccccc3-c3cc4ccccc4c4ccccc34)c2-c2ccccc2)cc1. The smallest absolute Gasteiger partial charge is 0.0546 e. The summed E-state index contributed by atoms with van der Waals surface area (Å²) in [6, 6.07) is 81.6. The van der Waals surface area contributed by atoms with Gasteiger partial charge in [-0.2, -0.15) is 0 Å². The normalized spacial score (nSPS) is 11.3. The van der Waals surface area contributed by atoms with Gasteiger partial charge in [-0.3, -0.25) is 0 Å². The minimum Gasteiger partial charge on any atom is -0.309 e. The van der Waals surface area contributed by atoms with Gasteiger partial charge >= 0.3 is 0 Å². The molecule has 55 heavy (non-hydrogen) atoms. The van der Waals surface area contributed by atoms with E-state index >= 15 is 0 Å². The zero-order valence-corrected chi connectivity index (χ0v) is 30.3. The van der Waals surface area contributed by atoms with Crippen LogP contribution in [0.1, 0.15) is 0 Å². The van der Waals surface area contributed by atoms with Gasteiger partial charge in [0.25, 0.3) is 0 Å². The van der Waals surface area contributed by atoms with Crippen LogP contribution in [0.15, 0.2) is 224 Å².